The predicted molar refractivity (Wildman–Crippen MR) is 70.8 cm³/mol. The van der Waals surface area contributed by atoms with Gasteiger partial charge in [-0.2, -0.15) is 5.26 Å². The molecule has 0 atom stereocenters. The van der Waals surface area contributed by atoms with Gasteiger partial charge in [0.05, 0.1) is 19.3 Å². The van der Waals surface area contributed by atoms with Crippen LogP contribution in [0.25, 0.3) is 0 Å². The minimum Gasteiger partial charge on any atom is -0.380 e. The molecule has 3 rings (SSSR count). The molecule has 0 aromatic heterocycles. The van der Waals surface area contributed by atoms with Gasteiger partial charge in [-0.05, 0) is 37.1 Å². The van der Waals surface area contributed by atoms with E-state index in [-0.39, 0.29) is 4.75 Å². The Hall–Kier alpha value is -0.500. The molecular weight excluding hydrogens is 298 g/mol. The first-order valence-electron chi connectivity index (χ1n) is 5.59. The summed E-state index contributed by atoms with van der Waals surface area (Å²) in [4.78, 5) is 1.17. The van der Waals surface area contributed by atoms with Crippen molar-refractivity contribution in [3.05, 3.63) is 28.7 Å². The molecule has 1 aromatic carbocycles. The van der Waals surface area contributed by atoms with Gasteiger partial charge in [0.25, 0.3) is 0 Å². The third-order valence-corrected chi connectivity index (χ3v) is 5.28. The van der Waals surface area contributed by atoms with E-state index in [1.54, 1.807) is 11.8 Å². The summed E-state index contributed by atoms with van der Waals surface area (Å²) in [6, 6.07) is 10.7. The maximum absolute atomic E-state index is 9.38. The average Bonchev–Trinajstić information content (AvgIpc) is 2.23. The summed E-state index contributed by atoms with van der Waals surface area (Å²) >= 11 is 5.12. The van der Waals surface area contributed by atoms with Gasteiger partial charge in [-0.25, -0.2) is 0 Å². The van der Waals surface area contributed by atoms with E-state index in [1.807, 2.05) is 12.1 Å². The smallest absolute Gasteiger partial charge is 0.108 e. The number of nitrogens with zero attached hydrogens (tertiary/aromatic N) is 1. The molecule has 2 aliphatic rings. The van der Waals surface area contributed by atoms with Crippen molar-refractivity contribution in [3.8, 4) is 6.07 Å². The van der Waals surface area contributed by atoms with E-state index in [2.05, 4.69) is 34.1 Å². The van der Waals surface area contributed by atoms with Gasteiger partial charge in [0.1, 0.15) is 4.75 Å². The highest BCUT2D eigenvalue weighted by Crippen LogP contribution is 2.60. The van der Waals surface area contributed by atoms with E-state index >= 15 is 0 Å². The molecule has 17 heavy (non-hydrogen) atoms. The van der Waals surface area contributed by atoms with E-state index in [9.17, 15) is 5.26 Å². The molecular formula is C13H12BrNOS. The number of rotatable bonds is 2. The maximum atomic E-state index is 9.38. The Kier molecular flexibility index (Phi) is 2.73. The quantitative estimate of drug-likeness (QED) is 0.836. The second-order valence-corrected chi connectivity index (χ2v) is 7.38. The van der Waals surface area contributed by atoms with Gasteiger partial charge in [-0.15, -0.1) is 11.8 Å². The van der Waals surface area contributed by atoms with E-state index in [0.29, 0.717) is 5.41 Å². The number of halogens is 1. The summed E-state index contributed by atoms with van der Waals surface area (Å²) in [5.41, 5.74) is 0.331. The summed E-state index contributed by atoms with van der Waals surface area (Å²) in [7, 11) is 0. The summed E-state index contributed by atoms with van der Waals surface area (Å²) in [5, 5.41) is 9.38. The molecule has 0 unspecified atom stereocenters. The number of hydrogen-bond donors (Lipinski definition) is 0. The minimum atomic E-state index is -0.225. The minimum absolute atomic E-state index is 0.225. The lowest BCUT2D eigenvalue weighted by Crippen LogP contribution is -2.59. The normalized spacial score (nSPS) is 23.5. The molecule has 1 aliphatic heterocycles. The fourth-order valence-electron chi connectivity index (χ4n) is 2.66. The van der Waals surface area contributed by atoms with Gasteiger partial charge < -0.3 is 4.74 Å². The lowest BCUT2D eigenvalue weighted by molar-refractivity contribution is -0.161. The first-order chi connectivity index (χ1) is 8.15. The first-order valence-corrected chi connectivity index (χ1v) is 7.20. The maximum Gasteiger partial charge on any atom is 0.108 e. The summed E-state index contributed by atoms with van der Waals surface area (Å²) in [6.07, 6.45) is 1.94. The number of ether oxygens (including phenoxy) is 1. The zero-order valence-electron chi connectivity index (χ0n) is 9.28. The van der Waals surface area contributed by atoms with Crippen molar-refractivity contribution in [2.75, 3.05) is 13.2 Å². The van der Waals surface area contributed by atoms with Crippen molar-refractivity contribution in [3.63, 3.8) is 0 Å². The van der Waals surface area contributed by atoms with Gasteiger partial charge >= 0.3 is 0 Å². The van der Waals surface area contributed by atoms with E-state index in [1.165, 1.54) is 4.90 Å². The van der Waals surface area contributed by atoms with Crippen LogP contribution in [0.1, 0.15) is 12.8 Å². The number of thioether (sulfide) groups is 1. The second kappa shape index (κ2) is 4.01. The SMILES string of the molecule is N#CC1(Sc2ccc(Br)cc2)CC2(COC2)C1. The second-order valence-electron chi connectivity index (χ2n) is 5.01. The van der Waals surface area contributed by atoms with Crippen LogP contribution >= 0.6 is 27.7 Å². The summed E-state index contributed by atoms with van der Waals surface area (Å²) in [5.74, 6) is 0. The summed E-state index contributed by atoms with van der Waals surface area (Å²) in [6.45, 7) is 1.69. The number of hydrogen-bond acceptors (Lipinski definition) is 3. The fourth-order valence-corrected chi connectivity index (χ4v) is 4.45. The highest BCUT2D eigenvalue weighted by atomic mass is 79.9. The molecule has 2 nitrogen and oxygen atoms in total. The van der Waals surface area contributed by atoms with Gasteiger partial charge in [-0.3, -0.25) is 0 Å². The Balaban J connectivity index is 1.71. The van der Waals surface area contributed by atoms with Gasteiger partial charge in [0.2, 0.25) is 0 Å². The molecule has 88 valence electrons. The average molecular weight is 310 g/mol. The van der Waals surface area contributed by atoms with Crippen molar-refractivity contribution >= 4 is 27.7 Å². The fraction of sp³-hybridized carbons (Fsp3) is 0.462. The Bertz CT molecular complexity index is 467. The molecule has 0 bridgehead atoms. The predicted octanol–water partition coefficient (Wildman–Crippen LogP) is 3.61. The van der Waals surface area contributed by atoms with Crippen molar-refractivity contribution in [1.82, 2.24) is 0 Å². The van der Waals surface area contributed by atoms with Crippen molar-refractivity contribution in [2.45, 2.75) is 22.5 Å². The Morgan fingerprint density at radius 1 is 1.24 bits per heavy atom. The Labute approximate surface area is 113 Å². The monoisotopic (exact) mass is 309 g/mol. The molecule has 1 aromatic rings. The molecule has 0 N–H and O–H groups in total. The molecule has 1 saturated heterocycles. The van der Waals surface area contributed by atoms with Crippen LogP contribution in [0, 0.1) is 16.7 Å². The molecule has 1 spiro atoms. The first kappa shape index (κ1) is 11.6. The van der Waals surface area contributed by atoms with Crippen LogP contribution in [-0.4, -0.2) is 18.0 Å². The van der Waals surface area contributed by atoms with Crippen LogP contribution in [0.4, 0.5) is 0 Å². The van der Waals surface area contributed by atoms with Crippen LogP contribution in [-0.2, 0) is 4.74 Å². The third kappa shape index (κ3) is 2.01. The molecule has 1 heterocycles. The van der Waals surface area contributed by atoms with E-state index < -0.39 is 0 Å². The molecule has 0 amide bonds. The highest BCUT2D eigenvalue weighted by Gasteiger charge is 2.59. The summed E-state index contributed by atoms with van der Waals surface area (Å²) < 4.78 is 6.11. The molecule has 0 radical (unpaired) electrons. The molecule has 4 heteroatoms. The van der Waals surface area contributed by atoms with Crippen molar-refractivity contribution in [2.24, 2.45) is 5.41 Å². The van der Waals surface area contributed by atoms with Gasteiger partial charge in [0, 0.05) is 14.8 Å². The molecule has 2 fully saturated rings. The highest BCUT2D eigenvalue weighted by molar-refractivity contribution is 9.10. The standard InChI is InChI=1S/C13H12BrNOS/c14-10-1-3-11(4-2-10)17-13(7-15)5-12(6-13)8-16-9-12/h1-4H,5-6,8-9H2. The third-order valence-electron chi connectivity index (χ3n) is 3.47. The van der Waals surface area contributed by atoms with Crippen LogP contribution in [0.3, 0.4) is 0 Å². The van der Waals surface area contributed by atoms with Crippen molar-refractivity contribution in [1.29, 1.82) is 5.26 Å². The zero-order valence-corrected chi connectivity index (χ0v) is 11.7. The Morgan fingerprint density at radius 3 is 2.35 bits per heavy atom. The molecule has 1 saturated carbocycles. The lowest BCUT2D eigenvalue weighted by atomic mass is 9.60. The lowest BCUT2D eigenvalue weighted by Gasteiger charge is -2.56. The van der Waals surface area contributed by atoms with Crippen LogP contribution in [0.15, 0.2) is 33.6 Å². The topological polar surface area (TPSA) is 33.0 Å². The molecule has 1 aliphatic carbocycles. The van der Waals surface area contributed by atoms with E-state index in [0.717, 1.165) is 30.5 Å². The van der Waals surface area contributed by atoms with Crippen LogP contribution in [0.2, 0.25) is 0 Å². The number of benzene rings is 1. The van der Waals surface area contributed by atoms with Crippen molar-refractivity contribution < 1.29 is 4.74 Å². The van der Waals surface area contributed by atoms with Crippen LogP contribution in [0.5, 0.6) is 0 Å². The number of nitriles is 1. The Morgan fingerprint density at radius 2 is 1.88 bits per heavy atom. The van der Waals surface area contributed by atoms with Gasteiger partial charge in [0.15, 0.2) is 0 Å². The van der Waals surface area contributed by atoms with E-state index in [4.69, 9.17) is 4.74 Å². The largest absolute Gasteiger partial charge is 0.380 e. The van der Waals surface area contributed by atoms with Gasteiger partial charge in [-0.1, -0.05) is 15.9 Å². The van der Waals surface area contributed by atoms with Crippen LogP contribution < -0.4 is 0 Å². The zero-order chi connectivity index (χ0) is 11.9.